The summed E-state index contributed by atoms with van der Waals surface area (Å²) in [6, 6.07) is 9.29. The van der Waals surface area contributed by atoms with E-state index in [0.29, 0.717) is 25.9 Å². The van der Waals surface area contributed by atoms with Crippen LogP contribution in [0.3, 0.4) is 0 Å². The fourth-order valence-electron chi connectivity index (χ4n) is 2.76. The number of carbonyl (C=O) groups is 3. The smallest absolute Gasteiger partial charge is 0.241 e. The van der Waals surface area contributed by atoms with Gasteiger partial charge in [0, 0.05) is 30.0 Å². The number of piperidine rings is 1. The number of hydrogen-bond acceptors (Lipinski definition) is 3. The predicted octanol–water partition coefficient (Wildman–Crippen LogP) is 2.27. The molecular weight excluding hydrogens is 304 g/mol. The fraction of sp³-hybridized carbons (Fsp3) is 0.526. The first-order valence-electron chi connectivity index (χ1n) is 8.44. The number of hydrogen-bond donors (Lipinski definition) is 1. The topological polar surface area (TPSA) is 66.5 Å². The predicted molar refractivity (Wildman–Crippen MR) is 92.5 cm³/mol. The fourth-order valence-corrected chi connectivity index (χ4v) is 2.76. The average molecular weight is 330 g/mol. The quantitative estimate of drug-likeness (QED) is 0.861. The summed E-state index contributed by atoms with van der Waals surface area (Å²) >= 11 is 0. The SMILES string of the molecule is CC(C)(C)C(=O)NCC(=O)N1CCC(C(=O)c2ccccc2)CC1. The summed E-state index contributed by atoms with van der Waals surface area (Å²) in [4.78, 5) is 38.2. The van der Waals surface area contributed by atoms with Crippen LogP contribution in [0.1, 0.15) is 44.0 Å². The van der Waals surface area contributed by atoms with E-state index in [2.05, 4.69) is 5.32 Å². The van der Waals surface area contributed by atoms with E-state index in [1.54, 1.807) is 4.90 Å². The van der Waals surface area contributed by atoms with Gasteiger partial charge in [-0.05, 0) is 12.8 Å². The Labute approximate surface area is 143 Å². The molecule has 130 valence electrons. The van der Waals surface area contributed by atoms with E-state index in [4.69, 9.17) is 0 Å². The number of ketones is 1. The lowest BCUT2D eigenvalue weighted by Gasteiger charge is -2.31. The van der Waals surface area contributed by atoms with Crippen LogP contribution >= 0.6 is 0 Å². The molecule has 0 saturated carbocycles. The maximum atomic E-state index is 12.4. The molecule has 1 aromatic rings. The molecule has 0 radical (unpaired) electrons. The Bertz CT molecular complexity index is 597. The minimum atomic E-state index is -0.505. The Morgan fingerprint density at radius 3 is 2.21 bits per heavy atom. The van der Waals surface area contributed by atoms with Gasteiger partial charge in [0.15, 0.2) is 5.78 Å². The second-order valence-electron chi connectivity index (χ2n) is 7.32. The third-order valence-electron chi connectivity index (χ3n) is 4.36. The number of nitrogens with zero attached hydrogens (tertiary/aromatic N) is 1. The van der Waals surface area contributed by atoms with E-state index in [1.807, 2.05) is 51.1 Å². The standard InChI is InChI=1S/C19H26N2O3/c1-19(2,3)18(24)20-13-16(22)21-11-9-15(10-12-21)17(23)14-7-5-4-6-8-14/h4-8,15H,9-13H2,1-3H3,(H,20,24). The zero-order valence-electron chi connectivity index (χ0n) is 14.7. The summed E-state index contributed by atoms with van der Waals surface area (Å²) in [5, 5.41) is 2.68. The van der Waals surface area contributed by atoms with Gasteiger partial charge in [0.2, 0.25) is 11.8 Å². The van der Waals surface area contributed by atoms with Crippen LogP contribution in [0.15, 0.2) is 30.3 Å². The van der Waals surface area contributed by atoms with Crippen molar-refractivity contribution in [1.82, 2.24) is 10.2 Å². The molecule has 1 aliphatic rings. The van der Waals surface area contributed by atoms with Crippen molar-refractivity contribution in [3.8, 4) is 0 Å². The summed E-state index contributed by atoms with van der Waals surface area (Å²) < 4.78 is 0. The molecule has 2 amide bonds. The van der Waals surface area contributed by atoms with Gasteiger partial charge in [-0.25, -0.2) is 0 Å². The van der Waals surface area contributed by atoms with Crippen molar-refractivity contribution in [3.05, 3.63) is 35.9 Å². The molecule has 5 nitrogen and oxygen atoms in total. The number of benzene rings is 1. The number of rotatable bonds is 4. The first kappa shape index (κ1) is 18.2. The van der Waals surface area contributed by atoms with Crippen molar-refractivity contribution in [1.29, 1.82) is 0 Å². The lowest BCUT2D eigenvalue weighted by Crippen LogP contribution is -2.46. The summed E-state index contributed by atoms with van der Waals surface area (Å²) in [6.07, 6.45) is 1.35. The van der Waals surface area contributed by atoms with Crippen LogP contribution in [0.4, 0.5) is 0 Å². The summed E-state index contributed by atoms with van der Waals surface area (Å²) in [5.74, 6) is -0.0902. The molecule has 24 heavy (non-hydrogen) atoms. The van der Waals surface area contributed by atoms with Crippen LogP contribution in [0.5, 0.6) is 0 Å². The Balaban J connectivity index is 1.81. The third kappa shape index (κ3) is 4.66. The molecule has 1 saturated heterocycles. The average Bonchev–Trinajstić information content (AvgIpc) is 2.58. The first-order valence-corrected chi connectivity index (χ1v) is 8.44. The second-order valence-corrected chi connectivity index (χ2v) is 7.32. The number of likely N-dealkylation sites (tertiary alicyclic amines) is 1. The van der Waals surface area contributed by atoms with E-state index in [-0.39, 0.29) is 30.1 Å². The van der Waals surface area contributed by atoms with Crippen molar-refractivity contribution in [2.45, 2.75) is 33.6 Å². The van der Waals surface area contributed by atoms with Crippen molar-refractivity contribution >= 4 is 17.6 Å². The van der Waals surface area contributed by atoms with Gasteiger partial charge in [-0.3, -0.25) is 14.4 Å². The highest BCUT2D eigenvalue weighted by molar-refractivity contribution is 5.98. The number of Topliss-reactive ketones (excluding diaryl/α,β-unsaturated/α-hetero) is 1. The highest BCUT2D eigenvalue weighted by Gasteiger charge is 2.28. The van der Waals surface area contributed by atoms with Gasteiger partial charge < -0.3 is 10.2 Å². The minimum Gasteiger partial charge on any atom is -0.347 e. The lowest BCUT2D eigenvalue weighted by molar-refractivity contribution is -0.136. The van der Waals surface area contributed by atoms with Crippen molar-refractivity contribution < 1.29 is 14.4 Å². The van der Waals surface area contributed by atoms with E-state index in [0.717, 1.165) is 5.56 Å². The van der Waals surface area contributed by atoms with Crippen LogP contribution < -0.4 is 5.32 Å². The second kappa shape index (κ2) is 7.60. The van der Waals surface area contributed by atoms with E-state index < -0.39 is 5.41 Å². The monoisotopic (exact) mass is 330 g/mol. The molecule has 1 fully saturated rings. The number of carbonyl (C=O) groups excluding carboxylic acids is 3. The normalized spacial score (nSPS) is 15.9. The van der Waals surface area contributed by atoms with Gasteiger partial charge in [-0.15, -0.1) is 0 Å². The van der Waals surface area contributed by atoms with E-state index in [9.17, 15) is 14.4 Å². The van der Waals surface area contributed by atoms with Gasteiger partial charge in [-0.2, -0.15) is 0 Å². The van der Waals surface area contributed by atoms with Crippen LogP contribution in [0, 0.1) is 11.3 Å². The maximum Gasteiger partial charge on any atom is 0.241 e. The van der Waals surface area contributed by atoms with Crippen LogP contribution in [0.25, 0.3) is 0 Å². The zero-order chi connectivity index (χ0) is 17.7. The van der Waals surface area contributed by atoms with Gasteiger partial charge in [0.1, 0.15) is 0 Å². The Hall–Kier alpha value is -2.17. The Kier molecular flexibility index (Phi) is 5.75. The van der Waals surface area contributed by atoms with Crippen molar-refractivity contribution in [2.24, 2.45) is 11.3 Å². The summed E-state index contributed by atoms with van der Waals surface area (Å²) in [5.41, 5.74) is 0.231. The molecule has 0 spiro atoms. The molecular formula is C19H26N2O3. The molecule has 1 aliphatic heterocycles. The van der Waals surface area contributed by atoms with Crippen molar-refractivity contribution in [2.75, 3.05) is 19.6 Å². The third-order valence-corrected chi connectivity index (χ3v) is 4.36. The molecule has 2 rings (SSSR count). The maximum absolute atomic E-state index is 12.4. The first-order chi connectivity index (χ1) is 11.3. The summed E-state index contributed by atoms with van der Waals surface area (Å²) in [6.45, 7) is 6.59. The van der Waals surface area contributed by atoms with Crippen LogP contribution in [-0.4, -0.2) is 42.1 Å². The molecule has 1 N–H and O–H groups in total. The van der Waals surface area contributed by atoms with Gasteiger partial charge in [0.25, 0.3) is 0 Å². The van der Waals surface area contributed by atoms with E-state index in [1.165, 1.54) is 0 Å². The molecule has 0 aliphatic carbocycles. The Morgan fingerprint density at radius 1 is 1.08 bits per heavy atom. The highest BCUT2D eigenvalue weighted by atomic mass is 16.2. The molecule has 0 unspecified atom stereocenters. The molecule has 0 atom stereocenters. The lowest BCUT2D eigenvalue weighted by atomic mass is 9.89. The van der Waals surface area contributed by atoms with Gasteiger partial charge >= 0.3 is 0 Å². The number of nitrogens with one attached hydrogen (secondary N) is 1. The highest BCUT2D eigenvalue weighted by Crippen LogP contribution is 2.22. The van der Waals surface area contributed by atoms with Crippen molar-refractivity contribution in [3.63, 3.8) is 0 Å². The van der Waals surface area contributed by atoms with Crippen LogP contribution in [-0.2, 0) is 9.59 Å². The van der Waals surface area contributed by atoms with Crippen LogP contribution in [0.2, 0.25) is 0 Å². The molecule has 1 heterocycles. The molecule has 5 heteroatoms. The molecule has 1 aromatic carbocycles. The Morgan fingerprint density at radius 2 is 1.67 bits per heavy atom. The summed E-state index contributed by atoms with van der Waals surface area (Å²) in [7, 11) is 0. The number of amides is 2. The largest absolute Gasteiger partial charge is 0.347 e. The zero-order valence-corrected chi connectivity index (χ0v) is 14.7. The molecule has 0 aromatic heterocycles. The minimum absolute atomic E-state index is 0.0212. The van der Waals surface area contributed by atoms with E-state index >= 15 is 0 Å². The molecule has 0 bridgehead atoms. The van der Waals surface area contributed by atoms with Gasteiger partial charge in [-0.1, -0.05) is 51.1 Å². The van der Waals surface area contributed by atoms with Gasteiger partial charge in [0.05, 0.1) is 6.54 Å².